The third-order valence-electron chi connectivity index (χ3n) is 7.13. The molecule has 0 spiro atoms. The van der Waals surface area contributed by atoms with Gasteiger partial charge in [0, 0.05) is 41.5 Å². The molecule has 0 bridgehead atoms. The molecule has 38 heavy (non-hydrogen) atoms. The summed E-state index contributed by atoms with van der Waals surface area (Å²) in [6.45, 7) is 1.60. The zero-order chi connectivity index (χ0) is 27.4. The van der Waals surface area contributed by atoms with Gasteiger partial charge in [-0.15, -0.1) is 11.3 Å². The average molecular weight is 540 g/mol. The van der Waals surface area contributed by atoms with Gasteiger partial charge in [0.1, 0.15) is 22.8 Å². The van der Waals surface area contributed by atoms with Crippen molar-refractivity contribution in [1.29, 1.82) is 0 Å². The van der Waals surface area contributed by atoms with Crippen LogP contribution < -0.4 is 10.1 Å². The van der Waals surface area contributed by atoms with E-state index in [1.165, 1.54) is 30.6 Å². The van der Waals surface area contributed by atoms with E-state index < -0.39 is 34.8 Å². The van der Waals surface area contributed by atoms with Gasteiger partial charge in [-0.3, -0.25) is 9.59 Å². The van der Waals surface area contributed by atoms with Crippen molar-refractivity contribution in [3.63, 3.8) is 0 Å². The summed E-state index contributed by atoms with van der Waals surface area (Å²) >= 11 is 1.31. The Morgan fingerprint density at radius 2 is 1.89 bits per heavy atom. The molecule has 200 valence electrons. The lowest BCUT2D eigenvalue weighted by Crippen LogP contribution is -2.36. The minimum atomic E-state index is -1.67. The van der Waals surface area contributed by atoms with Crippen LogP contribution in [0.2, 0.25) is 0 Å². The van der Waals surface area contributed by atoms with Crippen LogP contribution in [0.25, 0.3) is 0 Å². The van der Waals surface area contributed by atoms with Crippen LogP contribution in [0.15, 0.2) is 23.6 Å². The Kier molecular flexibility index (Phi) is 6.64. The van der Waals surface area contributed by atoms with Crippen LogP contribution in [0.1, 0.15) is 67.6 Å². The van der Waals surface area contributed by atoms with Crippen LogP contribution in [0, 0.1) is 0 Å². The number of hydrogen-bond acceptors (Lipinski definition) is 11. The number of carbonyl (C=O) groups is 2. The Morgan fingerprint density at radius 3 is 2.61 bits per heavy atom. The topological polar surface area (TPSA) is 152 Å². The van der Waals surface area contributed by atoms with Crippen LogP contribution >= 0.6 is 11.3 Å². The molecule has 11 heteroatoms. The largest absolute Gasteiger partial charge is 0.507 e. The van der Waals surface area contributed by atoms with Crippen molar-refractivity contribution in [2.75, 3.05) is 39.6 Å². The smallest absolute Gasteiger partial charge is 0.202 e. The molecule has 0 fully saturated rings. The molecular formula is C27H29N3O7S. The highest BCUT2D eigenvalue weighted by Crippen LogP contribution is 2.52. The maximum absolute atomic E-state index is 13.4. The highest BCUT2D eigenvalue weighted by atomic mass is 32.1. The lowest BCUT2D eigenvalue weighted by Gasteiger charge is -2.37. The number of ether oxygens (including phenoxy) is 1. The fourth-order valence-electron chi connectivity index (χ4n) is 5.30. The Morgan fingerprint density at radius 1 is 1.16 bits per heavy atom. The number of aliphatic hydroxyl groups excluding tert-OH is 1. The number of hydrogen-bond donors (Lipinski definition) is 5. The van der Waals surface area contributed by atoms with Crippen LogP contribution in [0.3, 0.4) is 0 Å². The summed E-state index contributed by atoms with van der Waals surface area (Å²) in [5, 5.41) is 50.6. The van der Waals surface area contributed by atoms with E-state index >= 15 is 0 Å². The minimum absolute atomic E-state index is 0.00323. The Bertz CT molecular complexity index is 1450. The molecule has 5 rings (SSSR count). The number of aromatic nitrogens is 1. The lowest BCUT2D eigenvalue weighted by molar-refractivity contribution is -0.0307. The number of methoxy groups -OCH3 is 1. The molecule has 3 aromatic rings. The Balaban J connectivity index is 1.53. The molecular weight excluding hydrogens is 510 g/mol. The summed E-state index contributed by atoms with van der Waals surface area (Å²) in [7, 11) is 5.35. The van der Waals surface area contributed by atoms with Crippen LogP contribution in [0.4, 0.5) is 5.13 Å². The zero-order valence-electron chi connectivity index (χ0n) is 21.2. The molecule has 2 aromatic carbocycles. The number of carbonyl (C=O) groups excluding carboxylic acids is 2. The summed E-state index contributed by atoms with van der Waals surface area (Å²) in [5.41, 5.74) is -2.17. The van der Waals surface area contributed by atoms with E-state index in [1.807, 2.05) is 14.1 Å². The number of aliphatic hydroxyl groups is 2. The predicted octanol–water partition coefficient (Wildman–Crippen LogP) is 2.57. The molecule has 0 aliphatic heterocycles. The van der Waals surface area contributed by atoms with Gasteiger partial charge < -0.3 is 35.4 Å². The van der Waals surface area contributed by atoms with E-state index in [-0.39, 0.29) is 52.0 Å². The van der Waals surface area contributed by atoms with Gasteiger partial charge in [-0.25, -0.2) is 4.98 Å². The first kappa shape index (κ1) is 26.1. The highest BCUT2D eigenvalue weighted by molar-refractivity contribution is 7.13. The summed E-state index contributed by atoms with van der Waals surface area (Å²) in [5.74, 6) is -2.33. The van der Waals surface area contributed by atoms with Crippen molar-refractivity contribution in [2.45, 2.75) is 31.0 Å². The first-order valence-corrected chi connectivity index (χ1v) is 13.1. The highest BCUT2D eigenvalue weighted by Gasteiger charge is 2.47. The van der Waals surface area contributed by atoms with Crippen molar-refractivity contribution in [3.05, 3.63) is 62.7 Å². The third kappa shape index (κ3) is 4.11. The normalized spacial score (nSPS) is 20.2. The SMILES string of the molecule is COc1cccc2c1C(=O)c1c(O)c3c(c(O)c1C2=O)C[C@@](O)(c1csc(NCCCN(C)C)n1)C[C@@H]3O. The maximum atomic E-state index is 13.4. The van der Waals surface area contributed by atoms with Gasteiger partial charge in [-0.1, -0.05) is 12.1 Å². The van der Waals surface area contributed by atoms with Gasteiger partial charge in [0.15, 0.2) is 10.9 Å². The van der Waals surface area contributed by atoms with Crippen molar-refractivity contribution in [1.82, 2.24) is 9.88 Å². The van der Waals surface area contributed by atoms with E-state index in [2.05, 4.69) is 15.2 Å². The number of phenols is 2. The number of fused-ring (bicyclic) bond motifs is 3. The number of rotatable bonds is 7. The molecule has 0 amide bonds. The summed E-state index contributed by atoms with van der Waals surface area (Å²) < 4.78 is 5.26. The number of thiazole rings is 1. The predicted molar refractivity (Wildman–Crippen MR) is 141 cm³/mol. The molecule has 0 radical (unpaired) electrons. The van der Waals surface area contributed by atoms with Crippen molar-refractivity contribution >= 4 is 28.0 Å². The van der Waals surface area contributed by atoms with Crippen LogP contribution in [0.5, 0.6) is 17.2 Å². The van der Waals surface area contributed by atoms with Crippen LogP contribution in [-0.2, 0) is 12.0 Å². The van der Waals surface area contributed by atoms with Crippen molar-refractivity contribution in [3.8, 4) is 17.2 Å². The average Bonchev–Trinajstić information content (AvgIpc) is 3.36. The van der Waals surface area contributed by atoms with E-state index in [0.29, 0.717) is 17.4 Å². The van der Waals surface area contributed by atoms with E-state index in [1.54, 1.807) is 11.4 Å². The van der Waals surface area contributed by atoms with Gasteiger partial charge >= 0.3 is 0 Å². The standard InChI is InChI=1S/C27H29N3O7S/c1-30(2)9-5-8-28-26-29-17(12-38-26)27(36)10-14-18(15(31)11-27)24(34)21-20(23(14)33)22(32)13-6-4-7-16(37-3)19(13)25(21)35/h4,6-7,12,15,31,33-34,36H,5,8-11H2,1-3H3,(H,28,29)/t15-,27-/m0/s1. The molecule has 5 N–H and O–H groups in total. The number of benzene rings is 2. The second kappa shape index (κ2) is 9.66. The third-order valence-corrected chi connectivity index (χ3v) is 7.93. The molecule has 0 saturated carbocycles. The van der Waals surface area contributed by atoms with Crippen molar-refractivity contribution in [2.24, 2.45) is 0 Å². The Labute approximate surface area is 223 Å². The first-order valence-electron chi connectivity index (χ1n) is 12.2. The van der Waals surface area contributed by atoms with Gasteiger partial charge in [-0.05, 0) is 33.1 Å². The van der Waals surface area contributed by atoms with Gasteiger partial charge in [0.25, 0.3) is 0 Å². The van der Waals surface area contributed by atoms with Gasteiger partial charge in [0.05, 0.1) is 35.6 Å². The maximum Gasteiger partial charge on any atom is 0.202 e. The summed E-state index contributed by atoms with van der Waals surface area (Å²) in [6, 6.07) is 4.53. The molecule has 2 aliphatic rings. The van der Waals surface area contributed by atoms with Gasteiger partial charge in [0.2, 0.25) is 5.78 Å². The number of ketones is 2. The van der Waals surface area contributed by atoms with E-state index in [4.69, 9.17) is 4.74 Å². The fourth-order valence-corrected chi connectivity index (χ4v) is 6.13. The first-order chi connectivity index (χ1) is 18.1. The molecule has 2 atom stereocenters. The molecule has 10 nitrogen and oxygen atoms in total. The fraction of sp³-hybridized carbons (Fsp3) is 0.370. The Hall–Kier alpha value is -3.51. The molecule has 2 aliphatic carbocycles. The lowest BCUT2D eigenvalue weighted by atomic mass is 9.72. The summed E-state index contributed by atoms with van der Waals surface area (Å²) in [4.78, 5) is 33.5. The molecule has 1 aromatic heterocycles. The van der Waals surface area contributed by atoms with Crippen LogP contribution in [-0.4, -0.2) is 76.2 Å². The number of nitrogens with one attached hydrogen (secondary N) is 1. The monoisotopic (exact) mass is 539 g/mol. The zero-order valence-corrected chi connectivity index (χ0v) is 22.1. The number of anilines is 1. The van der Waals surface area contributed by atoms with Crippen molar-refractivity contribution < 1.29 is 34.8 Å². The second-order valence-corrected chi connectivity index (χ2v) is 10.8. The molecule has 0 saturated heterocycles. The number of nitrogens with zero attached hydrogens (tertiary/aromatic N) is 2. The molecule has 1 heterocycles. The number of phenolic OH excluding ortho intramolecular Hbond substituents is 2. The number of aromatic hydroxyl groups is 2. The quantitative estimate of drug-likeness (QED) is 0.175. The summed E-state index contributed by atoms with van der Waals surface area (Å²) in [6.07, 6.45) is -0.974. The van der Waals surface area contributed by atoms with E-state index in [9.17, 15) is 30.0 Å². The second-order valence-electron chi connectivity index (χ2n) is 9.93. The van der Waals surface area contributed by atoms with E-state index in [0.717, 1.165) is 13.0 Å². The van der Waals surface area contributed by atoms with Gasteiger partial charge in [-0.2, -0.15) is 0 Å². The minimum Gasteiger partial charge on any atom is -0.507 e. The molecule has 0 unspecified atom stereocenters.